The summed E-state index contributed by atoms with van der Waals surface area (Å²) in [5, 5.41) is 3.35. The third kappa shape index (κ3) is 2.45. The smallest absolute Gasteiger partial charge is 0.220 e. The molecule has 0 bridgehead atoms. The lowest BCUT2D eigenvalue weighted by atomic mass is 9.47. The van der Waals surface area contributed by atoms with Crippen molar-refractivity contribution < 1.29 is 9.53 Å². The predicted octanol–water partition coefficient (Wildman–Crippen LogP) is 4.30. The maximum absolute atomic E-state index is 12.0. The summed E-state index contributed by atoms with van der Waals surface area (Å²) >= 11 is 0. The van der Waals surface area contributed by atoms with E-state index in [1.807, 2.05) is 0 Å². The number of amides is 1. The molecule has 7 atom stereocenters. The highest BCUT2D eigenvalue weighted by Crippen LogP contribution is 2.64. The largest absolute Gasteiger partial charge is 0.378 e. The van der Waals surface area contributed by atoms with E-state index >= 15 is 0 Å². The van der Waals surface area contributed by atoms with E-state index < -0.39 is 0 Å². The van der Waals surface area contributed by atoms with E-state index in [-0.39, 0.29) is 11.3 Å². The van der Waals surface area contributed by atoms with Crippen LogP contribution in [-0.4, -0.2) is 24.7 Å². The van der Waals surface area contributed by atoms with Crippen LogP contribution < -0.4 is 5.32 Å². The average Bonchev–Trinajstić information content (AvgIpc) is 2.95. The van der Waals surface area contributed by atoms with Crippen LogP contribution >= 0.6 is 0 Å². The highest BCUT2D eigenvalue weighted by molar-refractivity contribution is 5.77. The van der Waals surface area contributed by atoms with Gasteiger partial charge in [-0.3, -0.25) is 4.79 Å². The Balaban J connectivity index is 1.67. The van der Waals surface area contributed by atoms with Gasteiger partial charge in [0.1, 0.15) is 0 Å². The fourth-order valence-corrected chi connectivity index (χ4v) is 7.07. The van der Waals surface area contributed by atoms with Gasteiger partial charge in [0.25, 0.3) is 0 Å². The van der Waals surface area contributed by atoms with Crippen LogP contribution in [0.5, 0.6) is 0 Å². The highest BCUT2D eigenvalue weighted by atomic mass is 16.5. The molecule has 24 heavy (non-hydrogen) atoms. The second-order valence-electron chi connectivity index (χ2n) is 9.65. The first-order valence-electron chi connectivity index (χ1n) is 10.4. The van der Waals surface area contributed by atoms with Crippen molar-refractivity contribution >= 4 is 5.91 Å². The summed E-state index contributed by atoms with van der Waals surface area (Å²) in [4.78, 5) is 12.0. The van der Waals surface area contributed by atoms with E-state index in [0.29, 0.717) is 23.5 Å². The first-order chi connectivity index (χ1) is 11.5. The molecule has 136 valence electrons. The molecule has 3 heteroatoms. The van der Waals surface area contributed by atoms with Crippen molar-refractivity contribution in [2.75, 3.05) is 6.61 Å². The molecule has 4 aliphatic rings. The zero-order valence-corrected chi connectivity index (χ0v) is 15.8. The lowest BCUT2D eigenvalue weighted by molar-refractivity contribution is -0.166. The summed E-state index contributed by atoms with van der Waals surface area (Å²) < 4.78 is 6.43. The molecule has 3 aliphatic carbocycles. The zero-order chi connectivity index (χ0) is 16.9. The quantitative estimate of drug-likeness (QED) is 0.836. The SMILES string of the molecule is CCCOC1CC2NC(=O)CC[C@]2(C)[C@@H]2CC[C@]3(C)CCC[C@H]3[C@H]12. The molecule has 2 unspecified atom stereocenters. The van der Waals surface area contributed by atoms with Crippen molar-refractivity contribution in [1.82, 2.24) is 5.32 Å². The van der Waals surface area contributed by atoms with Crippen LogP contribution in [-0.2, 0) is 9.53 Å². The lowest BCUT2D eigenvalue weighted by Gasteiger charge is -2.61. The Labute approximate surface area is 147 Å². The van der Waals surface area contributed by atoms with Gasteiger partial charge >= 0.3 is 0 Å². The first-order valence-corrected chi connectivity index (χ1v) is 10.4. The maximum atomic E-state index is 12.0. The van der Waals surface area contributed by atoms with Crippen LogP contribution in [0.25, 0.3) is 0 Å². The van der Waals surface area contributed by atoms with Gasteiger partial charge in [0.15, 0.2) is 0 Å². The maximum Gasteiger partial charge on any atom is 0.220 e. The molecular formula is C21H35NO2. The summed E-state index contributed by atoms with van der Waals surface area (Å²) in [7, 11) is 0. The Kier molecular flexibility index (Phi) is 4.22. The van der Waals surface area contributed by atoms with Gasteiger partial charge in [-0.1, -0.05) is 27.2 Å². The number of nitrogens with one attached hydrogen (secondary N) is 1. The third-order valence-corrected chi connectivity index (χ3v) is 8.42. The second kappa shape index (κ2) is 6.00. The fraction of sp³-hybridized carbons (Fsp3) is 0.952. The fourth-order valence-electron chi connectivity index (χ4n) is 7.07. The van der Waals surface area contributed by atoms with Crippen LogP contribution in [0, 0.1) is 28.6 Å². The molecule has 0 radical (unpaired) electrons. The van der Waals surface area contributed by atoms with E-state index in [0.717, 1.165) is 44.1 Å². The van der Waals surface area contributed by atoms with Crippen molar-refractivity contribution in [3.05, 3.63) is 0 Å². The molecule has 1 aliphatic heterocycles. The number of rotatable bonds is 3. The normalized spacial score (nSPS) is 50.6. The van der Waals surface area contributed by atoms with Crippen molar-refractivity contribution in [2.24, 2.45) is 28.6 Å². The van der Waals surface area contributed by atoms with E-state index in [1.54, 1.807) is 0 Å². The molecule has 1 saturated heterocycles. The number of piperidine rings is 1. The average molecular weight is 334 g/mol. The Morgan fingerprint density at radius 2 is 2.00 bits per heavy atom. The summed E-state index contributed by atoms with van der Waals surface area (Å²) in [5.41, 5.74) is 0.838. The van der Waals surface area contributed by atoms with Gasteiger partial charge in [-0.2, -0.15) is 0 Å². The number of hydrogen-bond donors (Lipinski definition) is 1. The van der Waals surface area contributed by atoms with Gasteiger partial charge in [0.05, 0.1) is 6.10 Å². The van der Waals surface area contributed by atoms with Crippen LogP contribution in [0.1, 0.15) is 78.6 Å². The number of carbonyl (C=O) groups excluding carboxylic acids is 1. The predicted molar refractivity (Wildman–Crippen MR) is 95.6 cm³/mol. The number of fused-ring (bicyclic) bond motifs is 5. The molecule has 4 fully saturated rings. The molecule has 1 amide bonds. The molecule has 0 aromatic rings. The Morgan fingerprint density at radius 3 is 2.79 bits per heavy atom. The minimum atomic E-state index is 0.256. The number of carbonyl (C=O) groups is 1. The van der Waals surface area contributed by atoms with Crippen LogP contribution in [0.15, 0.2) is 0 Å². The first kappa shape index (κ1) is 16.9. The van der Waals surface area contributed by atoms with Gasteiger partial charge in [-0.15, -0.1) is 0 Å². The second-order valence-corrected chi connectivity index (χ2v) is 9.65. The molecular weight excluding hydrogens is 298 g/mol. The molecule has 0 aromatic carbocycles. The molecule has 4 rings (SSSR count). The third-order valence-electron chi connectivity index (χ3n) is 8.42. The lowest BCUT2D eigenvalue weighted by Crippen LogP contribution is -2.64. The molecule has 0 spiro atoms. The molecule has 1 N–H and O–H groups in total. The summed E-state index contributed by atoms with van der Waals surface area (Å²) in [6.45, 7) is 8.10. The topological polar surface area (TPSA) is 38.3 Å². The number of hydrogen-bond acceptors (Lipinski definition) is 2. The standard InChI is InChI=1S/C21H35NO2/c1-4-12-24-16-13-17-21(3,11-8-18(23)22-17)15-7-10-20(2)9-5-6-14(20)19(15)16/h14-17,19H,4-13H2,1-3H3,(H,22,23)/t14-,15+,16?,17?,19-,20-,21+/m0/s1. The minimum absolute atomic E-state index is 0.256. The van der Waals surface area contributed by atoms with E-state index in [2.05, 4.69) is 26.1 Å². The van der Waals surface area contributed by atoms with Crippen LogP contribution in [0.3, 0.4) is 0 Å². The Hall–Kier alpha value is -0.570. The number of ether oxygens (including phenoxy) is 1. The van der Waals surface area contributed by atoms with Gasteiger partial charge < -0.3 is 10.1 Å². The Bertz CT molecular complexity index is 506. The van der Waals surface area contributed by atoms with E-state index in [4.69, 9.17) is 4.74 Å². The van der Waals surface area contributed by atoms with Crippen molar-refractivity contribution in [2.45, 2.75) is 90.7 Å². The van der Waals surface area contributed by atoms with Crippen LogP contribution in [0.4, 0.5) is 0 Å². The molecule has 0 aromatic heterocycles. The van der Waals surface area contributed by atoms with E-state index in [1.165, 1.54) is 32.1 Å². The van der Waals surface area contributed by atoms with Crippen molar-refractivity contribution in [3.63, 3.8) is 0 Å². The van der Waals surface area contributed by atoms with Gasteiger partial charge in [-0.25, -0.2) is 0 Å². The molecule has 3 saturated carbocycles. The Morgan fingerprint density at radius 1 is 1.17 bits per heavy atom. The molecule has 3 nitrogen and oxygen atoms in total. The monoisotopic (exact) mass is 333 g/mol. The molecule has 1 heterocycles. The van der Waals surface area contributed by atoms with Gasteiger partial charge in [0.2, 0.25) is 5.91 Å². The summed E-state index contributed by atoms with van der Waals surface area (Å²) in [5.74, 6) is 2.55. The minimum Gasteiger partial charge on any atom is -0.378 e. The van der Waals surface area contributed by atoms with Crippen molar-refractivity contribution in [1.29, 1.82) is 0 Å². The van der Waals surface area contributed by atoms with E-state index in [9.17, 15) is 4.79 Å². The summed E-state index contributed by atoms with van der Waals surface area (Å²) in [6, 6.07) is 0.326. The zero-order valence-electron chi connectivity index (χ0n) is 15.8. The van der Waals surface area contributed by atoms with Crippen molar-refractivity contribution in [3.8, 4) is 0 Å². The van der Waals surface area contributed by atoms with Crippen LogP contribution in [0.2, 0.25) is 0 Å². The van der Waals surface area contributed by atoms with Gasteiger partial charge in [0, 0.05) is 19.1 Å². The highest BCUT2D eigenvalue weighted by Gasteiger charge is 2.61. The van der Waals surface area contributed by atoms with Gasteiger partial charge in [-0.05, 0) is 73.5 Å². The summed E-state index contributed by atoms with van der Waals surface area (Å²) in [6.07, 6.45) is 11.2.